The van der Waals surface area contributed by atoms with Gasteiger partial charge in [-0.15, -0.1) is 0 Å². The Morgan fingerprint density at radius 1 is 1.07 bits per heavy atom. The van der Waals surface area contributed by atoms with E-state index >= 15 is 0 Å². The van der Waals surface area contributed by atoms with Gasteiger partial charge in [-0.2, -0.15) is 0 Å². The molecule has 0 amide bonds. The van der Waals surface area contributed by atoms with Gasteiger partial charge in [0.15, 0.2) is 0 Å². The summed E-state index contributed by atoms with van der Waals surface area (Å²) < 4.78 is 11.0. The van der Waals surface area contributed by atoms with Crippen LogP contribution in [0, 0.1) is 17.3 Å². The number of benzene rings is 1. The zero-order chi connectivity index (χ0) is 19.7. The quantitative estimate of drug-likeness (QED) is 0.670. The number of esters is 1. The number of ether oxygens (including phenoxy) is 2. The highest BCUT2D eigenvalue weighted by Crippen LogP contribution is 2.41. The van der Waals surface area contributed by atoms with Gasteiger partial charge in [0.1, 0.15) is 11.9 Å². The second-order valence-electron chi connectivity index (χ2n) is 8.89. The second-order valence-corrected chi connectivity index (χ2v) is 8.89. The molecule has 0 radical (unpaired) electrons. The number of carbonyl (C=O) groups is 1. The normalized spacial score (nSPS) is 29.2. The van der Waals surface area contributed by atoms with Crippen molar-refractivity contribution in [2.24, 2.45) is 17.3 Å². The predicted octanol–water partition coefficient (Wildman–Crippen LogP) is 3.58. The first-order valence-electron chi connectivity index (χ1n) is 10.9. The van der Waals surface area contributed by atoms with Crippen molar-refractivity contribution < 1.29 is 14.3 Å². The highest BCUT2D eigenvalue weighted by molar-refractivity contribution is 5.78. The van der Waals surface area contributed by atoms with Crippen molar-refractivity contribution in [3.05, 3.63) is 24.3 Å². The maximum atomic E-state index is 12.3. The number of fused-ring (bicyclic) bond motifs is 1. The first kappa shape index (κ1) is 19.6. The van der Waals surface area contributed by atoms with Crippen molar-refractivity contribution in [1.82, 2.24) is 4.90 Å². The van der Waals surface area contributed by atoms with E-state index in [0.29, 0.717) is 0 Å². The van der Waals surface area contributed by atoms with Gasteiger partial charge in [0.2, 0.25) is 0 Å². The van der Waals surface area contributed by atoms with Crippen molar-refractivity contribution in [3.8, 4) is 5.75 Å². The Balaban J connectivity index is 1.25. The molecule has 4 rings (SSSR count). The number of likely N-dealkylation sites (tertiary alicyclic amines) is 1. The molecule has 28 heavy (non-hydrogen) atoms. The summed E-state index contributed by atoms with van der Waals surface area (Å²) in [4.78, 5) is 17.4. The lowest BCUT2D eigenvalue weighted by Crippen LogP contribution is -2.30. The van der Waals surface area contributed by atoms with Crippen LogP contribution in [-0.4, -0.2) is 56.8 Å². The zero-order valence-corrected chi connectivity index (χ0v) is 17.5. The Bertz CT molecular complexity index is 672. The molecule has 3 fully saturated rings. The monoisotopic (exact) mass is 386 g/mol. The molecular weight excluding hydrogens is 352 g/mol. The lowest BCUT2D eigenvalue weighted by atomic mass is 9.79. The van der Waals surface area contributed by atoms with E-state index in [4.69, 9.17) is 9.47 Å². The Kier molecular flexibility index (Phi) is 5.55. The van der Waals surface area contributed by atoms with Crippen molar-refractivity contribution in [1.29, 1.82) is 0 Å². The van der Waals surface area contributed by atoms with E-state index in [1.165, 1.54) is 18.8 Å². The van der Waals surface area contributed by atoms with Gasteiger partial charge < -0.3 is 19.3 Å². The summed E-state index contributed by atoms with van der Waals surface area (Å²) in [5.41, 5.74) is 1.08. The Hall–Kier alpha value is -1.75. The van der Waals surface area contributed by atoms with E-state index in [1.807, 2.05) is 12.1 Å². The molecule has 0 aliphatic carbocycles. The number of nitrogens with zero attached hydrogens (tertiary/aromatic N) is 2. The van der Waals surface area contributed by atoms with Crippen molar-refractivity contribution in [2.45, 2.75) is 45.6 Å². The fraction of sp³-hybridized carbons (Fsp3) is 0.696. The van der Waals surface area contributed by atoms with E-state index in [0.717, 1.165) is 62.9 Å². The minimum atomic E-state index is -0.217. The van der Waals surface area contributed by atoms with Gasteiger partial charge in [-0.05, 0) is 55.4 Å². The summed E-state index contributed by atoms with van der Waals surface area (Å²) in [6.45, 7) is 9.90. The molecule has 0 saturated carbocycles. The van der Waals surface area contributed by atoms with Crippen molar-refractivity contribution >= 4 is 11.7 Å². The number of hydrogen-bond acceptors (Lipinski definition) is 5. The smallest absolute Gasteiger partial charge is 0.312 e. The molecule has 3 unspecified atom stereocenters. The first-order chi connectivity index (χ1) is 13.6. The molecule has 3 aliphatic heterocycles. The molecule has 3 heterocycles. The molecule has 1 aromatic rings. The first-order valence-corrected chi connectivity index (χ1v) is 10.9. The van der Waals surface area contributed by atoms with Gasteiger partial charge in [0, 0.05) is 44.8 Å². The van der Waals surface area contributed by atoms with Crippen molar-refractivity contribution in [3.63, 3.8) is 0 Å². The van der Waals surface area contributed by atoms with Gasteiger partial charge in [-0.1, -0.05) is 13.8 Å². The van der Waals surface area contributed by atoms with E-state index in [1.54, 1.807) is 7.11 Å². The van der Waals surface area contributed by atoms with E-state index in [2.05, 4.69) is 35.8 Å². The van der Waals surface area contributed by atoms with E-state index < -0.39 is 0 Å². The highest BCUT2D eigenvalue weighted by atomic mass is 16.6. The topological polar surface area (TPSA) is 42.0 Å². The van der Waals surface area contributed by atoms with Crippen LogP contribution in [0.15, 0.2) is 24.3 Å². The Morgan fingerprint density at radius 3 is 2.25 bits per heavy atom. The van der Waals surface area contributed by atoms with Crippen LogP contribution in [-0.2, 0) is 9.53 Å². The van der Waals surface area contributed by atoms with Crippen LogP contribution in [0.4, 0.5) is 5.69 Å². The molecule has 3 aliphatic rings. The molecule has 3 atom stereocenters. The summed E-state index contributed by atoms with van der Waals surface area (Å²) in [6, 6.07) is 8.43. The number of hydrogen-bond donors (Lipinski definition) is 0. The summed E-state index contributed by atoms with van der Waals surface area (Å²) in [6.07, 6.45) is 3.80. The van der Waals surface area contributed by atoms with E-state index in [9.17, 15) is 4.79 Å². The fourth-order valence-electron chi connectivity index (χ4n) is 5.43. The highest BCUT2D eigenvalue weighted by Gasteiger charge is 2.46. The van der Waals surface area contributed by atoms with Crippen LogP contribution < -0.4 is 9.64 Å². The van der Waals surface area contributed by atoms with Gasteiger partial charge >= 0.3 is 5.97 Å². The second kappa shape index (κ2) is 7.94. The summed E-state index contributed by atoms with van der Waals surface area (Å²) >= 11 is 0. The number of cyclic esters (lactones) is 1. The summed E-state index contributed by atoms with van der Waals surface area (Å²) in [5, 5.41) is 0. The van der Waals surface area contributed by atoms with E-state index in [-0.39, 0.29) is 17.5 Å². The maximum absolute atomic E-state index is 12.3. The number of rotatable bonds is 7. The van der Waals surface area contributed by atoms with Crippen LogP contribution in [0.5, 0.6) is 5.75 Å². The van der Waals surface area contributed by atoms with Gasteiger partial charge in [0.05, 0.1) is 12.5 Å². The fourth-order valence-corrected chi connectivity index (χ4v) is 5.43. The minimum Gasteiger partial charge on any atom is -0.497 e. The predicted molar refractivity (Wildman–Crippen MR) is 111 cm³/mol. The minimum absolute atomic E-state index is 0.0379. The third-order valence-corrected chi connectivity index (χ3v) is 7.45. The molecule has 154 valence electrons. The SMILES string of the molecule is CCC1(CC)CC(CCN2CC3CN(c4ccc(OC)cc4)CC3C2)OC1=O. The molecule has 1 aromatic carbocycles. The Labute approximate surface area is 169 Å². The zero-order valence-electron chi connectivity index (χ0n) is 17.5. The Morgan fingerprint density at radius 2 is 1.71 bits per heavy atom. The molecule has 3 saturated heterocycles. The number of carbonyl (C=O) groups excluding carboxylic acids is 1. The van der Waals surface area contributed by atoms with Crippen LogP contribution >= 0.6 is 0 Å². The van der Waals surface area contributed by atoms with Gasteiger partial charge in [-0.25, -0.2) is 0 Å². The standard InChI is InChI=1S/C23H34N2O3/c1-4-23(5-2)12-21(28-22(23)26)10-11-24-13-17-15-25(16-18(17)14-24)19-6-8-20(27-3)9-7-19/h6-9,17-18,21H,4-5,10-16H2,1-3H3. The molecule has 5 nitrogen and oxygen atoms in total. The number of anilines is 1. The number of methoxy groups -OCH3 is 1. The van der Waals surface area contributed by atoms with Crippen LogP contribution in [0.25, 0.3) is 0 Å². The van der Waals surface area contributed by atoms with Gasteiger partial charge in [-0.3, -0.25) is 4.79 Å². The largest absolute Gasteiger partial charge is 0.497 e. The maximum Gasteiger partial charge on any atom is 0.312 e. The van der Waals surface area contributed by atoms with Crippen LogP contribution in [0.1, 0.15) is 39.5 Å². The van der Waals surface area contributed by atoms with Crippen molar-refractivity contribution in [2.75, 3.05) is 44.7 Å². The van der Waals surface area contributed by atoms with Crippen LogP contribution in [0.3, 0.4) is 0 Å². The molecular formula is C23H34N2O3. The molecule has 0 bridgehead atoms. The summed E-state index contributed by atoms with van der Waals surface area (Å²) in [5.74, 6) is 2.45. The average Bonchev–Trinajstić information content (AvgIpc) is 3.37. The molecule has 0 spiro atoms. The lowest BCUT2D eigenvalue weighted by Gasteiger charge is -2.24. The molecule has 0 N–H and O–H groups in total. The summed E-state index contributed by atoms with van der Waals surface area (Å²) in [7, 11) is 1.71. The molecule has 5 heteroatoms. The lowest BCUT2D eigenvalue weighted by molar-refractivity contribution is -0.149. The van der Waals surface area contributed by atoms with Crippen LogP contribution in [0.2, 0.25) is 0 Å². The van der Waals surface area contributed by atoms with Gasteiger partial charge in [0.25, 0.3) is 0 Å². The molecule has 0 aromatic heterocycles. The average molecular weight is 387 g/mol. The third kappa shape index (κ3) is 3.61. The third-order valence-electron chi connectivity index (χ3n) is 7.45.